The SMILES string of the molecule is CC1(C)[C@@H]2CC[C@]1(C)C(C=COC=CC1C[C@H]3CC[C@@]1(C)C3(C)C)C2. The summed E-state index contributed by atoms with van der Waals surface area (Å²) in [5, 5.41) is 0. The van der Waals surface area contributed by atoms with Gasteiger partial charge in [-0.25, -0.2) is 0 Å². The highest BCUT2D eigenvalue weighted by molar-refractivity contribution is 5.16. The summed E-state index contributed by atoms with van der Waals surface area (Å²) in [6.07, 6.45) is 17.0. The Hall–Kier alpha value is -0.720. The average molecular weight is 343 g/mol. The van der Waals surface area contributed by atoms with Gasteiger partial charge in [0.2, 0.25) is 0 Å². The molecular weight excluding hydrogens is 304 g/mol. The number of hydrogen-bond acceptors (Lipinski definition) is 1. The maximum Gasteiger partial charge on any atom is 0.0864 e. The first-order chi connectivity index (χ1) is 11.6. The molecule has 4 aliphatic rings. The summed E-state index contributed by atoms with van der Waals surface area (Å²) in [7, 11) is 0. The highest BCUT2D eigenvalue weighted by Gasteiger charge is 2.61. The van der Waals surface area contributed by atoms with E-state index in [2.05, 4.69) is 53.7 Å². The zero-order chi connectivity index (χ0) is 18.1. The van der Waals surface area contributed by atoms with E-state index in [-0.39, 0.29) is 0 Å². The Labute approximate surface area is 155 Å². The first kappa shape index (κ1) is 17.7. The van der Waals surface area contributed by atoms with Gasteiger partial charge in [-0.2, -0.15) is 0 Å². The monoisotopic (exact) mass is 342 g/mol. The lowest BCUT2D eigenvalue weighted by Gasteiger charge is -2.38. The molecule has 4 rings (SSSR count). The predicted molar refractivity (Wildman–Crippen MR) is 105 cm³/mol. The van der Waals surface area contributed by atoms with Gasteiger partial charge in [0.15, 0.2) is 0 Å². The van der Waals surface area contributed by atoms with Crippen molar-refractivity contribution in [2.75, 3.05) is 0 Å². The van der Waals surface area contributed by atoms with Gasteiger partial charge >= 0.3 is 0 Å². The summed E-state index contributed by atoms with van der Waals surface area (Å²) in [5.41, 5.74) is 1.90. The van der Waals surface area contributed by atoms with Crippen molar-refractivity contribution in [3.05, 3.63) is 24.7 Å². The molecule has 1 heteroatoms. The first-order valence-corrected chi connectivity index (χ1v) is 10.6. The summed E-state index contributed by atoms with van der Waals surface area (Å²) in [6, 6.07) is 0. The van der Waals surface area contributed by atoms with Gasteiger partial charge in [-0.3, -0.25) is 0 Å². The van der Waals surface area contributed by atoms with Crippen LogP contribution in [0.25, 0.3) is 0 Å². The van der Waals surface area contributed by atoms with Gasteiger partial charge in [0, 0.05) is 0 Å². The molecule has 4 aliphatic carbocycles. The fourth-order valence-electron chi connectivity index (χ4n) is 7.44. The van der Waals surface area contributed by atoms with E-state index < -0.39 is 0 Å². The molecule has 0 radical (unpaired) electrons. The fraction of sp³-hybridized carbons (Fsp3) is 0.833. The molecule has 0 spiro atoms. The highest BCUT2D eigenvalue weighted by atomic mass is 16.5. The van der Waals surface area contributed by atoms with Crippen molar-refractivity contribution >= 4 is 0 Å². The van der Waals surface area contributed by atoms with Crippen molar-refractivity contribution in [3.8, 4) is 0 Å². The minimum atomic E-state index is 0.462. The van der Waals surface area contributed by atoms with E-state index in [0.717, 1.165) is 11.8 Å². The third-order valence-electron chi connectivity index (χ3n) is 10.5. The summed E-state index contributed by atoms with van der Waals surface area (Å²) in [6.45, 7) is 14.9. The number of hydrogen-bond donors (Lipinski definition) is 0. The van der Waals surface area contributed by atoms with Gasteiger partial charge in [0.05, 0.1) is 12.5 Å². The maximum absolute atomic E-state index is 5.84. The molecule has 4 bridgehead atoms. The van der Waals surface area contributed by atoms with E-state index in [0.29, 0.717) is 33.5 Å². The third-order valence-corrected chi connectivity index (χ3v) is 10.5. The molecule has 0 N–H and O–H groups in total. The van der Waals surface area contributed by atoms with Crippen LogP contribution in [0.1, 0.15) is 80.1 Å². The van der Waals surface area contributed by atoms with Gasteiger partial charge in [0.25, 0.3) is 0 Å². The molecule has 1 nitrogen and oxygen atoms in total. The van der Waals surface area contributed by atoms with E-state index >= 15 is 0 Å². The van der Waals surface area contributed by atoms with Gasteiger partial charge in [-0.15, -0.1) is 0 Å². The minimum absolute atomic E-state index is 0.462. The maximum atomic E-state index is 5.84. The van der Waals surface area contributed by atoms with E-state index in [9.17, 15) is 0 Å². The van der Waals surface area contributed by atoms with Crippen LogP contribution < -0.4 is 0 Å². The molecular formula is C24H38O. The van der Waals surface area contributed by atoms with Crippen LogP contribution in [0.5, 0.6) is 0 Å². The standard InChI is InChI=1S/C24H38O/c1-21(2)17-7-11-23(21,5)19(15-17)9-13-25-14-10-20-16-18-8-12-24(20,6)22(18,3)4/h9-10,13-14,17-20H,7-8,11-12,15-16H2,1-6H3/t17-,18-,19?,20?,23-,24-/m1/s1. The predicted octanol–water partition coefficient (Wildman–Crippen LogP) is 6.96. The summed E-state index contributed by atoms with van der Waals surface area (Å²) in [4.78, 5) is 0. The quantitative estimate of drug-likeness (QED) is 0.502. The average Bonchev–Trinajstić information content (AvgIpc) is 3.06. The Balaban J connectivity index is 1.35. The van der Waals surface area contributed by atoms with Crippen LogP contribution in [0.3, 0.4) is 0 Å². The Bertz CT molecular complexity index is 545. The zero-order valence-electron chi connectivity index (χ0n) is 17.3. The van der Waals surface area contributed by atoms with Crippen LogP contribution in [-0.2, 0) is 4.74 Å². The topological polar surface area (TPSA) is 9.23 Å². The molecule has 0 aromatic heterocycles. The van der Waals surface area contributed by atoms with Gasteiger partial charge in [-0.05, 0) is 96.0 Å². The smallest absolute Gasteiger partial charge is 0.0864 e. The highest BCUT2D eigenvalue weighted by Crippen LogP contribution is 2.69. The second-order valence-electron chi connectivity index (χ2n) is 11.2. The van der Waals surface area contributed by atoms with Gasteiger partial charge in [0.1, 0.15) is 0 Å². The Morgan fingerprint density at radius 3 is 1.36 bits per heavy atom. The molecule has 0 amide bonds. The molecule has 25 heavy (non-hydrogen) atoms. The summed E-state index contributed by atoms with van der Waals surface area (Å²) < 4.78 is 5.84. The number of ether oxygens (including phenoxy) is 1. The number of allylic oxidation sites excluding steroid dienone is 2. The van der Waals surface area contributed by atoms with Crippen molar-refractivity contribution in [1.29, 1.82) is 0 Å². The molecule has 0 saturated heterocycles. The molecule has 4 saturated carbocycles. The second-order valence-corrected chi connectivity index (χ2v) is 11.2. The van der Waals surface area contributed by atoms with Crippen LogP contribution in [0, 0.1) is 45.3 Å². The molecule has 0 heterocycles. The second kappa shape index (κ2) is 5.40. The van der Waals surface area contributed by atoms with E-state index in [4.69, 9.17) is 4.74 Å². The van der Waals surface area contributed by atoms with Gasteiger partial charge in [-0.1, -0.05) is 41.5 Å². The zero-order valence-corrected chi connectivity index (χ0v) is 17.3. The minimum Gasteiger partial charge on any atom is -0.473 e. The van der Waals surface area contributed by atoms with Crippen LogP contribution in [0.4, 0.5) is 0 Å². The van der Waals surface area contributed by atoms with Crippen molar-refractivity contribution in [2.24, 2.45) is 45.3 Å². The normalized spacial score (nSPS) is 49.7. The number of rotatable bonds is 4. The van der Waals surface area contributed by atoms with E-state index in [1.165, 1.54) is 38.5 Å². The largest absolute Gasteiger partial charge is 0.473 e. The summed E-state index contributed by atoms with van der Waals surface area (Å²) >= 11 is 0. The molecule has 2 unspecified atom stereocenters. The van der Waals surface area contributed by atoms with Crippen LogP contribution in [0.2, 0.25) is 0 Å². The molecule has 4 fully saturated rings. The molecule has 140 valence electrons. The number of fused-ring (bicyclic) bond motifs is 4. The summed E-state index contributed by atoms with van der Waals surface area (Å²) in [5.74, 6) is 3.18. The van der Waals surface area contributed by atoms with Crippen LogP contribution in [0.15, 0.2) is 24.7 Å². The van der Waals surface area contributed by atoms with Crippen molar-refractivity contribution in [2.45, 2.75) is 80.1 Å². The molecule has 0 aromatic rings. The fourth-order valence-corrected chi connectivity index (χ4v) is 7.44. The van der Waals surface area contributed by atoms with E-state index in [1.54, 1.807) is 0 Å². The van der Waals surface area contributed by atoms with Crippen molar-refractivity contribution in [1.82, 2.24) is 0 Å². The van der Waals surface area contributed by atoms with Gasteiger partial charge < -0.3 is 4.74 Å². The Kier molecular flexibility index (Phi) is 3.82. The molecule has 0 aliphatic heterocycles. The lowest BCUT2D eigenvalue weighted by Crippen LogP contribution is -2.31. The van der Waals surface area contributed by atoms with Crippen LogP contribution >= 0.6 is 0 Å². The van der Waals surface area contributed by atoms with Crippen LogP contribution in [-0.4, -0.2) is 0 Å². The van der Waals surface area contributed by atoms with Crippen molar-refractivity contribution < 1.29 is 4.74 Å². The lowest BCUT2D eigenvalue weighted by atomic mass is 9.67. The molecule has 6 atom stereocenters. The van der Waals surface area contributed by atoms with E-state index in [1.807, 2.05) is 12.5 Å². The lowest BCUT2D eigenvalue weighted by molar-refractivity contribution is 0.121. The molecule has 0 aromatic carbocycles. The Morgan fingerprint density at radius 2 is 1.08 bits per heavy atom. The first-order valence-electron chi connectivity index (χ1n) is 10.6. The Morgan fingerprint density at radius 1 is 0.680 bits per heavy atom. The third kappa shape index (κ3) is 2.20. The van der Waals surface area contributed by atoms with Crippen molar-refractivity contribution in [3.63, 3.8) is 0 Å².